The van der Waals surface area contributed by atoms with Crippen LogP contribution in [0.15, 0.2) is 96.9 Å². The zero-order valence-electron chi connectivity index (χ0n) is 26.5. The van der Waals surface area contributed by atoms with Crippen LogP contribution < -0.4 is 31.2 Å². The summed E-state index contributed by atoms with van der Waals surface area (Å²) in [6.07, 6.45) is 0.721. The zero-order chi connectivity index (χ0) is 35.0. The highest BCUT2D eigenvalue weighted by Crippen LogP contribution is 2.39. The molecule has 49 heavy (non-hydrogen) atoms. The van der Waals surface area contributed by atoms with Crippen LogP contribution in [0.5, 0.6) is 11.5 Å². The number of nitrogens with two attached hydrogens (primary N) is 1. The molecular formula is C36H37ClF3IN4O4. The summed E-state index contributed by atoms with van der Waals surface area (Å²) in [6, 6.07) is 17.1. The number of benzene rings is 3. The van der Waals surface area contributed by atoms with Crippen molar-refractivity contribution in [2.45, 2.75) is 40.9 Å². The van der Waals surface area contributed by atoms with E-state index in [-0.39, 0.29) is 43.2 Å². The lowest BCUT2D eigenvalue weighted by Crippen LogP contribution is -2.49. The van der Waals surface area contributed by atoms with Gasteiger partial charge in [0.2, 0.25) is 12.7 Å². The van der Waals surface area contributed by atoms with E-state index in [1.165, 1.54) is 6.07 Å². The molecule has 3 aromatic rings. The van der Waals surface area contributed by atoms with Crippen molar-refractivity contribution in [1.29, 1.82) is 0 Å². The highest BCUT2D eigenvalue weighted by Gasteiger charge is 2.29. The molecule has 260 valence electrons. The fourth-order valence-electron chi connectivity index (χ4n) is 5.67. The van der Waals surface area contributed by atoms with Gasteiger partial charge in [0, 0.05) is 51.3 Å². The quantitative estimate of drug-likeness (QED) is 0.0565. The first-order chi connectivity index (χ1) is 23.5. The average Bonchev–Trinajstić information content (AvgIpc) is 3.56. The molecule has 1 fully saturated rings. The molecule has 8 nitrogen and oxygen atoms in total. The Hall–Kier alpha value is -3.61. The van der Waals surface area contributed by atoms with Crippen molar-refractivity contribution in [3.8, 4) is 11.5 Å². The van der Waals surface area contributed by atoms with Crippen LogP contribution in [0.3, 0.4) is 0 Å². The number of hydrogen-bond acceptors (Lipinski definition) is 8. The van der Waals surface area contributed by atoms with Crippen LogP contribution in [0.25, 0.3) is 0 Å². The van der Waals surface area contributed by atoms with Crippen molar-refractivity contribution in [2.75, 3.05) is 38.4 Å². The van der Waals surface area contributed by atoms with Crippen LogP contribution in [0.4, 0.5) is 18.9 Å². The Morgan fingerprint density at radius 2 is 1.86 bits per heavy atom. The summed E-state index contributed by atoms with van der Waals surface area (Å²) < 4.78 is 61.4. The summed E-state index contributed by atoms with van der Waals surface area (Å²) in [5, 5.41) is 9.75. The van der Waals surface area contributed by atoms with E-state index < -0.39 is 16.5 Å². The van der Waals surface area contributed by atoms with E-state index in [1.807, 2.05) is 30.3 Å². The molecule has 5 rings (SSSR count). The molecule has 13 heteroatoms. The van der Waals surface area contributed by atoms with Crippen LogP contribution in [-0.4, -0.2) is 55.2 Å². The van der Waals surface area contributed by atoms with E-state index in [0.29, 0.717) is 59.5 Å². The first-order valence-corrected chi connectivity index (χ1v) is 17.0. The molecule has 3 aromatic carbocycles. The summed E-state index contributed by atoms with van der Waals surface area (Å²) in [7, 11) is 0. The monoisotopic (exact) mass is 808 g/mol. The molecule has 0 aromatic heterocycles. The smallest absolute Gasteiger partial charge is 0.313 e. The van der Waals surface area contributed by atoms with Gasteiger partial charge in [-0.15, -0.1) is 5.73 Å². The Bertz CT molecular complexity index is 1700. The SMILES string of the molecule is C=C=C(NCC(F)(F)I)OC[C@@H]1CO[C@H](CCc2c(F)cccc2NC(=C=C)[C@@H](N)[C@H](c2ccc(Cl)cc2)c2ccc3c(c2)OCO3)CN1. The highest BCUT2D eigenvalue weighted by molar-refractivity contribution is 14.1. The van der Waals surface area contributed by atoms with Crippen LogP contribution in [0.1, 0.15) is 29.0 Å². The largest absolute Gasteiger partial charge is 0.472 e. The molecule has 0 spiro atoms. The summed E-state index contributed by atoms with van der Waals surface area (Å²) in [5.74, 6) is 0.600. The molecule has 0 bridgehead atoms. The van der Waals surface area contributed by atoms with E-state index in [9.17, 15) is 8.78 Å². The lowest BCUT2D eigenvalue weighted by molar-refractivity contribution is -0.0172. The molecular weight excluding hydrogens is 772 g/mol. The van der Waals surface area contributed by atoms with Crippen LogP contribution in [0.2, 0.25) is 5.02 Å². The Morgan fingerprint density at radius 3 is 2.55 bits per heavy atom. The predicted molar refractivity (Wildman–Crippen MR) is 192 cm³/mol. The summed E-state index contributed by atoms with van der Waals surface area (Å²) in [6.45, 7) is 7.91. The van der Waals surface area contributed by atoms with Gasteiger partial charge in [0.25, 0.3) is 0 Å². The van der Waals surface area contributed by atoms with Gasteiger partial charge in [-0.2, -0.15) is 8.78 Å². The minimum Gasteiger partial charge on any atom is -0.472 e. The van der Waals surface area contributed by atoms with Gasteiger partial charge in [-0.3, -0.25) is 0 Å². The van der Waals surface area contributed by atoms with Crippen LogP contribution >= 0.6 is 34.2 Å². The maximum atomic E-state index is 15.3. The fourth-order valence-corrected chi connectivity index (χ4v) is 5.98. The van der Waals surface area contributed by atoms with Gasteiger partial charge < -0.3 is 40.6 Å². The van der Waals surface area contributed by atoms with Crippen molar-refractivity contribution in [3.05, 3.63) is 124 Å². The molecule has 0 unspecified atom stereocenters. The second-order valence-electron chi connectivity index (χ2n) is 11.5. The number of hydrogen-bond donors (Lipinski definition) is 4. The molecule has 2 aliphatic rings. The molecule has 5 N–H and O–H groups in total. The van der Waals surface area contributed by atoms with Crippen molar-refractivity contribution in [2.24, 2.45) is 5.73 Å². The number of nitrogens with one attached hydrogen (secondary N) is 3. The molecule has 4 atom stereocenters. The second-order valence-corrected chi connectivity index (χ2v) is 13.5. The third-order valence-electron chi connectivity index (χ3n) is 8.18. The Kier molecular flexibility index (Phi) is 12.6. The Balaban J connectivity index is 1.23. The number of morpholine rings is 1. The van der Waals surface area contributed by atoms with Crippen LogP contribution in [0, 0.1) is 5.82 Å². The number of rotatable bonds is 15. The van der Waals surface area contributed by atoms with E-state index >= 15 is 4.39 Å². The summed E-state index contributed by atoms with van der Waals surface area (Å²) in [4.78, 5) is 0. The number of ether oxygens (including phenoxy) is 4. The maximum Gasteiger partial charge on any atom is 0.313 e. The van der Waals surface area contributed by atoms with Gasteiger partial charge in [-0.1, -0.05) is 54.8 Å². The molecule has 0 aliphatic carbocycles. The topological polar surface area (TPSA) is 99.0 Å². The normalized spacial score (nSPS) is 18.1. The van der Waals surface area contributed by atoms with Crippen LogP contribution in [-0.2, 0) is 15.9 Å². The molecule has 0 saturated carbocycles. The van der Waals surface area contributed by atoms with Gasteiger partial charge in [-0.25, -0.2) is 4.39 Å². The van der Waals surface area contributed by atoms with Crippen molar-refractivity contribution in [3.63, 3.8) is 0 Å². The van der Waals surface area contributed by atoms with E-state index in [1.54, 1.807) is 24.3 Å². The maximum absolute atomic E-state index is 15.3. The fraction of sp³-hybridized carbons (Fsp3) is 0.333. The van der Waals surface area contributed by atoms with E-state index in [0.717, 1.165) is 33.7 Å². The molecule has 2 heterocycles. The second kappa shape index (κ2) is 16.9. The molecule has 1 saturated heterocycles. The van der Waals surface area contributed by atoms with E-state index in [4.69, 9.17) is 36.3 Å². The minimum atomic E-state index is -2.93. The van der Waals surface area contributed by atoms with Gasteiger partial charge in [0.15, 0.2) is 11.5 Å². The van der Waals surface area contributed by atoms with Gasteiger partial charge in [0.05, 0.1) is 37.0 Å². The van der Waals surface area contributed by atoms with Crippen molar-refractivity contribution >= 4 is 39.9 Å². The zero-order valence-corrected chi connectivity index (χ0v) is 29.5. The van der Waals surface area contributed by atoms with Gasteiger partial charge >= 0.3 is 3.93 Å². The lowest BCUT2D eigenvalue weighted by Gasteiger charge is -2.31. The Morgan fingerprint density at radius 1 is 1.10 bits per heavy atom. The Labute approximate surface area is 302 Å². The third kappa shape index (κ3) is 9.98. The number of anilines is 1. The number of alkyl halides is 3. The lowest BCUT2D eigenvalue weighted by atomic mass is 9.83. The molecule has 0 radical (unpaired) electrons. The number of halogens is 5. The minimum absolute atomic E-state index is 0.0443. The summed E-state index contributed by atoms with van der Waals surface area (Å²) in [5.41, 5.74) is 15.7. The first-order valence-electron chi connectivity index (χ1n) is 15.6. The molecule has 0 amide bonds. The number of fused-ring (bicyclic) bond motifs is 1. The van der Waals surface area contributed by atoms with Gasteiger partial charge in [-0.05, 0) is 60.4 Å². The molecule has 2 aliphatic heterocycles. The van der Waals surface area contributed by atoms with E-state index in [2.05, 4.69) is 40.6 Å². The van der Waals surface area contributed by atoms with Gasteiger partial charge in [0.1, 0.15) is 12.4 Å². The first kappa shape index (κ1) is 36.7. The van der Waals surface area contributed by atoms with Crippen molar-refractivity contribution < 1.29 is 32.1 Å². The van der Waals surface area contributed by atoms with Crippen molar-refractivity contribution in [1.82, 2.24) is 10.6 Å². The third-order valence-corrected chi connectivity index (χ3v) is 8.81. The standard InChI is InChI=1S/C36H37ClF3IN4O4/c1-3-29(35(42)34(22-8-11-24(37)12-9-22)23-10-15-31-32(16-23)49-21-48-31)45-30-7-5-6-28(38)27(30)14-13-26-17-43-25(18-46-26)19-47-33(4-2)44-20-36(39,40)41/h5-12,15-16,25-26,34-35,43-45H,1-2,13-14,17-21,42H2/t25-,26+,34+,35+/m0/s1. The predicted octanol–water partition coefficient (Wildman–Crippen LogP) is 7.00. The summed E-state index contributed by atoms with van der Waals surface area (Å²) >= 11 is 7.25. The highest BCUT2D eigenvalue weighted by atomic mass is 127. The average molecular weight is 809 g/mol.